The molecule has 0 fully saturated rings. The molecule has 0 aliphatic heterocycles. The minimum absolute atomic E-state index is 0.198. The van der Waals surface area contributed by atoms with Crippen molar-refractivity contribution in [2.24, 2.45) is 5.92 Å². The third-order valence-electron chi connectivity index (χ3n) is 2.22. The highest BCUT2D eigenvalue weighted by Crippen LogP contribution is 2.34. The van der Waals surface area contributed by atoms with Crippen LogP contribution in [-0.4, -0.2) is 15.2 Å². The van der Waals surface area contributed by atoms with Crippen molar-refractivity contribution in [2.75, 3.05) is 0 Å². The molecule has 0 unspecified atom stereocenters. The summed E-state index contributed by atoms with van der Waals surface area (Å²) in [6, 6.07) is 6.14. The van der Waals surface area contributed by atoms with E-state index in [0.29, 0.717) is 11.4 Å². The van der Waals surface area contributed by atoms with Crippen molar-refractivity contribution in [3.8, 4) is 0 Å². The van der Waals surface area contributed by atoms with Gasteiger partial charge in [0.1, 0.15) is 0 Å². The van der Waals surface area contributed by atoms with Crippen molar-refractivity contribution in [3.63, 3.8) is 0 Å². The molecule has 4 nitrogen and oxygen atoms in total. The Morgan fingerprint density at radius 3 is 2.50 bits per heavy atom. The zero-order valence-corrected chi connectivity index (χ0v) is 14.8. The molecule has 1 aromatic rings. The Labute approximate surface area is 139 Å². The van der Waals surface area contributed by atoms with Crippen LogP contribution in [0.25, 0.3) is 0 Å². The SMILES string of the molecule is CC(C)CC(Br)(Br)C(=O)OOC(=O)c1cccc(Cl)c1. The summed E-state index contributed by atoms with van der Waals surface area (Å²) in [4.78, 5) is 32.5. The van der Waals surface area contributed by atoms with Gasteiger partial charge in [-0.15, -0.1) is 0 Å². The van der Waals surface area contributed by atoms with Crippen LogP contribution < -0.4 is 0 Å². The lowest BCUT2D eigenvalue weighted by molar-refractivity contribution is -0.234. The second kappa shape index (κ2) is 7.43. The highest BCUT2D eigenvalue weighted by Gasteiger charge is 2.37. The third-order valence-corrected chi connectivity index (χ3v) is 3.75. The molecule has 1 aromatic carbocycles. The number of benzene rings is 1. The van der Waals surface area contributed by atoms with E-state index in [1.54, 1.807) is 12.1 Å². The van der Waals surface area contributed by atoms with Crippen molar-refractivity contribution >= 4 is 55.4 Å². The zero-order valence-electron chi connectivity index (χ0n) is 10.9. The number of rotatable bonds is 4. The summed E-state index contributed by atoms with van der Waals surface area (Å²) in [5.74, 6) is -1.28. The van der Waals surface area contributed by atoms with Gasteiger partial charge < -0.3 is 0 Å². The Bertz CT molecular complexity index is 503. The van der Waals surface area contributed by atoms with Gasteiger partial charge in [0.05, 0.1) is 5.56 Å². The van der Waals surface area contributed by atoms with Gasteiger partial charge in [0.15, 0.2) is 3.23 Å². The molecule has 110 valence electrons. The van der Waals surface area contributed by atoms with Gasteiger partial charge in [-0.2, -0.15) is 0 Å². The second-order valence-corrected chi connectivity index (χ2v) is 8.76. The Balaban J connectivity index is 2.59. The monoisotopic (exact) mass is 426 g/mol. The second-order valence-electron chi connectivity index (χ2n) is 4.55. The van der Waals surface area contributed by atoms with Crippen molar-refractivity contribution in [3.05, 3.63) is 34.9 Å². The number of carbonyl (C=O) groups is 2. The number of hydrogen-bond acceptors (Lipinski definition) is 4. The van der Waals surface area contributed by atoms with Crippen LogP contribution in [0, 0.1) is 5.92 Å². The largest absolute Gasteiger partial charge is 0.386 e. The molecule has 0 aromatic heterocycles. The lowest BCUT2D eigenvalue weighted by Gasteiger charge is -2.18. The molecular formula is C13H13Br2ClO4. The summed E-state index contributed by atoms with van der Waals surface area (Å²) in [5.41, 5.74) is 0.198. The normalized spacial score (nSPS) is 11.3. The van der Waals surface area contributed by atoms with Crippen LogP contribution in [-0.2, 0) is 14.6 Å². The Morgan fingerprint density at radius 1 is 1.30 bits per heavy atom. The molecule has 0 N–H and O–H groups in total. The number of alkyl halides is 2. The predicted octanol–water partition coefficient (Wildman–Crippen LogP) is 4.49. The summed E-state index contributed by atoms with van der Waals surface area (Å²) in [6.45, 7) is 3.89. The van der Waals surface area contributed by atoms with E-state index >= 15 is 0 Å². The lowest BCUT2D eigenvalue weighted by atomic mass is 10.1. The molecule has 0 aliphatic carbocycles. The van der Waals surface area contributed by atoms with E-state index in [9.17, 15) is 9.59 Å². The topological polar surface area (TPSA) is 52.6 Å². The zero-order chi connectivity index (χ0) is 15.3. The number of hydrogen-bond donors (Lipinski definition) is 0. The van der Waals surface area contributed by atoms with Crippen LogP contribution in [0.2, 0.25) is 5.02 Å². The molecule has 0 heterocycles. The first-order valence-electron chi connectivity index (χ1n) is 5.79. The molecular weight excluding hydrogens is 415 g/mol. The average Bonchev–Trinajstić information content (AvgIpc) is 2.33. The molecule has 0 saturated carbocycles. The van der Waals surface area contributed by atoms with Crippen LogP contribution in [0.3, 0.4) is 0 Å². The van der Waals surface area contributed by atoms with Crippen LogP contribution in [0.15, 0.2) is 24.3 Å². The first-order valence-corrected chi connectivity index (χ1v) is 7.75. The van der Waals surface area contributed by atoms with Crippen LogP contribution in [0.1, 0.15) is 30.6 Å². The lowest BCUT2D eigenvalue weighted by Crippen LogP contribution is -2.29. The summed E-state index contributed by atoms with van der Waals surface area (Å²) in [7, 11) is 0. The Morgan fingerprint density at radius 2 is 1.95 bits per heavy atom. The summed E-state index contributed by atoms with van der Waals surface area (Å²) in [6.07, 6.45) is 0.473. The highest BCUT2D eigenvalue weighted by molar-refractivity contribution is 9.25. The highest BCUT2D eigenvalue weighted by atomic mass is 79.9. The fraction of sp³-hybridized carbons (Fsp3) is 0.385. The van der Waals surface area contributed by atoms with Gasteiger partial charge >= 0.3 is 11.9 Å². The first-order chi connectivity index (χ1) is 9.22. The van der Waals surface area contributed by atoms with E-state index in [1.165, 1.54) is 12.1 Å². The number of halogens is 3. The fourth-order valence-electron chi connectivity index (χ4n) is 1.40. The van der Waals surface area contributed by atoms with Crippen molar-refractivity contribution in [1.29, 1.82) is 0 Å². The van der Waals surface area contributed by atoms with Gasteiger partial charge in [-0.3, -0.25) is 0 Å². The number of carbonyl (C=O) groups excluding carboxylic acids is 2. The van der Waals surface area contributed by atoms with Gasteiger partial charge in [-0.05, 0) is 30.5 Å². The van der Waals surface area contributed by atoms with Crippen molar-refractivity contribution in [1.82, 2.24) is 0 Å². The van der Waals surface area contributed by atoms with Crippen molar-refractivity contribution in [2.45, 2.75) is 23.5 Å². The van der Waals surface area contributed by atoms with Crippen LogP contribution in [0.5, 0.6) is 0 Å². The minimum Gasteiger partial charge on any atom is -0.245 e. The molecule has 1 rings (SSSR count). The summed E-state index contributed by atoms with van der Waals surface area (Å²) in [5, 5.41) is 0.390. The Hall–Kier alpha value is -0.590. The molecule has 0 saturated heterocycles. The quantitative estimate of drug-likeness (QED) is 0.403. The van der Waals surface area contributed by atoms with E-state index in [2.05, 4.69) is 41.6 Å². The molecule has 0 radical (unpaired) electrons. The smallest absolute Gasteiger partial charge is 0.245 e. The van der Waals surface area contributed by atoms with E-state index in [1.807, 2.05) is 13.8 Å². The molecule has 0 spiro atoms. The Kier molecular flexibility index (Phi) is 6.48. The van der Waals surface area contributed by atoms with Gasteiger partial charge in [0.2, 0.25) is 0 Å². The first kappa shape index (κ1) is 17.5. The predicted molar refractivity (Wildman–Crippen MR) is 83.0 cm³/mol. The van der Waals surface area contributed by atoms with Gasteiger partial charge in [-0.1, -0.05) is 63.4 Å². The van der Waals surface area contributed by atoms with Crippen molar-refractivity contribution < 1.29 is 19.4 Å². The van der Waals surface area contributed by atoms with E-state index in [4.69, 9.17) is 11.6 Å². The summed E-state index contributed by atoms with van der Waals surface area (Å²) < 4.78 is -1.08. The average molecular weight is 429 g/mol. The molecule has 0 bridgehead atoms. The maximum Gasteiger partial charge on any atom is 0.386 e. The van der Waals surface area contributed by atoms with Crippen LogP contribution >= 0.6 is 43.5 Å². The molecule has 20 heavy (non-hydrogen) atoms. The van der Waals surface area contributed by atoms with E-state index in [0.717, 1.165) is 0 Å². The maximum atomic E-state index is 11.8. The van der Waals surface area contributed by atoms with Gasteiger partial charge in [0, 0.05) is 5.02 Å². The molecule has 0 amide bonds. The van der Waals surface area contributed by atoms with Gasteiger partial charge in [0.25, 0.3) is 0 Å². The molecule has 7 heteroatoms. The summed E-state index contributed by atoms with van der Waals surface area (Å²) >= 11 is 12.1. The third kappa shape index (κ3) is 5.42. The van der Waals surface area contributed by atoms with E-state index < -0.39 is 15.2 Å². The van der Waals surface area contributed by atoms with Gasteiger partial charge in [-0.25, -0.2) is 19.4 Å². The fourth-order valence-corrected chi connectivity index (χ4v) is 3.01. The standard InChI is InChI=1S/C13H13Br2ClO4/c1-8(2)7-13(14,15)12(18)20-19-11(17)9-4-3-5-10(16)6-9/h3-6,8H,7H2,1-2H3. The molecule has 0 aliphatic rings. The van der Waals surface area contributed by atoms with E-state index in [-0.39, 0.29) is 11.5 Å². The maximum absolute atomic E-state index is 11.8. The molecule has 0 atom stereocenters. The van der Waals surface area contributed by atoms with Crippen LogP contribution in [0.4, 0.5) is 0 Å². The minimum atomic E-state index is -1.08.